The van der Waals surface area contributed by atoms with Gasteiger partial charge in [0.25, 0.3) is 0 Å². The molecular formula is C25H26ClNO4. The standard InChI is InChI=1S/C25H25NO4.ClH/c1-28-23-15-21-20(12-13-26-22(21)14-17-8-10-19(27)11-9-17)24(25(23)29-2)30-16-18-6-4-3-5-7-18;/h3-11,15,27H,12-14,16H2,1-2H3;1H. The number of nitrogens with one attached hydrogen (secondary N) is 1. The summed E-state index contributed by atoms with van der Waals surface area (Å²) in [6.45, 7) is 1.27. The maximum Gasteiger partial charge on any atom is 0.203 e. The molecule has 0 aliphatic carbocycles. The normalized spacial score (nSPS) is 12.3. The van der Waals surface area contributed by atoms with Gasteiger partial charge >= 0.3 is 0 Å². The molecule has 2 N–H and O–H groups in total. The lowest BCUT2D eigenvalue weighted by Gasteiger charge is -2.22. The Balaban J connectivity index is 0.00000272. The van der Waals surface area contributed by atoms with Crippen molar-refractivity contribution in [3.63, 3.8) is 0 Å². The molecule has 0 spiro atoms. The number of hydrogen-bond acceptors (Lipinski definition) is 4. The molecule has 3 aromatic rings. The molecular weight excluding hydrogens is 414 g/mol. The van der Waals surface area contributed by atoms with Gasteiger partial charge in [0, 0.05) is 12.0 Å². The molecule has 6 heteroatoms. The topological polar surface area (TPSA) is 61.9 Å². The zero-order chi connectivity index (χ0) is 20.9. The molecule has 4 rings (SSSR count). The number of ether oxygens (including phenoxy) is 3. The summed E-state index contributed by atoms with van der Waals surface area (Å²) in [4.78, 5) is 3.53. The molecule has 1 heterocycles. The van der Waals surface area contributed by atoms with E-state index in [4.69, 9.17) is 14.2 Å². The number of phenols is 1. The van der Waals surface area contributed by atoms with E-state index in [-0.39, 0.29) is 18.2 Å². The fourth-order valence-corrected chi connectivity index (χ4v) is 3.81. The fourth-order valence-electron chi connectivity index (χ4n) is 3.81. The summed E-state index contributed by atoms with van der Waals surface area (Å²) in [6, 6.07) is 19.4. The Morgan fingerprint density at radius 1 is 0.903 bits per heavy atom. The summed E-state index contributed by atoms with van der Waals surface area (Å²) >= 11 is 0. The second-order valence-electron chi connectivity index (χ2n) is 7.24. The number of methoxy groups -OCH3 is 2. The number of halogens is 1. The van der Waals surface area contributed by atoms with Gasteiger partial charge in [-0.3, -0.25) is 0 Å². The lowest BCUT2D eigenvalue weighted by Crippen LogP contribution is -3.00. The third-order valence-corrected chi connectivity index (χ3v) is 5.31. The van der Waals surface area contributed by atoms with Crippen LogP contribution in [-0.4, -0.2) is 31.6 Å². The average molecular weight is 440 g/mol. The molecule has 1 aliphatic rings. The smallest absolute Gasteiger partial charge is 0.203 e. The molecule has 0 aromatic heterocycles. The number of aromatic hydroxyl groups is 1. The maximum absolute atomic E-state index is 9.57. The quantitative estimate of drug-likeness (QED) is 0.529. The second-order valence-corrected chi connectivity index (χ2v) is 7.24. The Morgan fingerprint density at radius 2 is 1.65 bits per heavy atom. The first-order valence-electron chi connectivity index (χ1n) is 10.0. The van der Waals surface area contributed by atoms with E-state index in [1.807, 2.05) is 48.5 Å². The monoisotopic (exact) mass is 439 g/mol. The lowest BCUT2D eigenvalue weighted by molar-refractivity contribution is -0.458. The van der Waals surface area contributed by atoms with Crippen molar-refractivity contribution in [2.45, 2.75) is 19.4 Å². The van der Waals surface area contributed by atoms with Gasteiger partial charge < -0.3 is 31.7 Å². The number of fused-ring (bicyclic) bond motifs is 1. The van der Waals surface area contributed by atoms with E-state index < -0.39 is 0 Å². The van der Waals surface area contributed by atoms with Crippen molar-refractivity contribution in [2.75, 3.05) is 20.8 Å². The van der Waals surface area contributed by atoms with E-state index in [2.05, 4.69) is 4.99 Å². The van der Waals surface area contributed by atoms with Gasteiger partial charge in [-0.2, -0.15) is 0 Å². The van der Waals surface area contributed by atoms with Crippen molar-refractivity contribution in [1.82, 2.24) is 0 Å². The van der Waals surface area contributed by atoms with E-state index in [9.17, 15) is 5.11 Å². The van der Waals surface area contributed by atoms with Crippen molar-refractivity contribution >= 4 is 5.71 Å². The van der Waals surface area contributed by atoms with Crippen molar-refractivity contribution in [3.8, 4) is 23.0 Å². The molecule has 162 valence electrons. The molecule has 0 fully saturated rings. The van der Waals surface area contributed by atoms with Crippen LogP contribution >= 0.6 is 0 Å². The number of hydrogen-bond donors (Lipinski definition) is 2. The molecule has 0 bridgehead atoms. The fraction of sp³-hybridized carbons (Fsp3) is 0.240. The van der Waals surface area contributed by atoms with Crippen LogP contribution in [0.2, 0.25) is 0 Å². The molecule has 0 radical (unpaired) electrons. The van der Waals surface area contributed by atoms with Gasteiger partial charge in [0.05, 0.1) is 26.2 Å². The minimum absolute atomic E-state index is 0. The van der Waals surface area contributed by atoms with E-state index in [1.54, 1.807) is 26.4 Å². The van der Waals surface area contributed by atoms with Crippen LogP contribution in [0.5, 0.6) is 23.0 Å². The summed E-state index contributed by atoms with van der Waals surface area (Å²) in [6.07, 6.45) is 1.56. The second kappa shape index (κ2) is 10.2. The van der Waals surface area contributed by atoms with Crippen LogP contribution in [0.4, 0.5) is 0 Å². The number of rotatable bonds is 7. The van der Waals surface area contributed by atoms with Crippen LogP contribution in [-0.2, 0) is 19.4 Å². The lowest BCUT2D eigenvalue weighted by atomic mass is 9.92. The first kappa shape index (κ1) is 22.5. The third kappa shape index (κ3) is 4.94. The highest BCUT2D eigenvalue weighted by atomic mass is 35.5. The van der Waals surface area contributed by atoms with Crippen molar-refractivity contribution < 1.29 is 36.7 Å². The Bertz CT molecular complexity index is 1050. The third-order valence-electron chi connectivity index (χ3n) is 5.31. The molecule has 0 unspecified atom stereocenters. The molecule has 0 amide bonds. The summed E-state index contributed by atoms with van der Waals surface area (Å²) in [5.74, 6) is 2.27. The largest absolute Gasteiger partial charge is 1.00 e. The van der Waals surface area contributed by atoms with Crippen molar-refractivity contribution in [2.24, 2.45) is 0 Å². The van der Waals surface area contributed by atoms with Gasteiger partial charge in [-0.05, 0) is 29.3 Å². The summed E-state index contributed by atoms with van der Waals surface area (Å²) < 4.78 is 17.6. The SMILES string of the molecule is COc1cc2c(c(OCc3ccccc3)c1OC)CC[NH+]=C2Cc1ccc(O)cc1.[Cl-]. The number of benzene rings is 3. The van der Waals surface area contributed by atoms with Gasteiger partial charge in [0.1, 0.15) is 18.9 Å². The first-order valence-corrected chi connectivity index (χ1v) is 10.0. The van der Waals surface area contributed by atoms with Crippen molar-refractivity contribution in [1.29, 1.82) is 0 Å². The Labute approximate surface area is 188 Å². The molecule has 3 aromatic carbocycles. The van der Waals surface area contributed by atoms with Gasteiger partial charge in [0.15, 0.2) is 17.2 Å². The highest BCUT2D eigenvalue weighted by molar-refractivity contribution is 6.01. The minimum atomic E-state index is 0. The first-order chi connectivity index (χ1) is 14.7. The average Bonchev–Trinajstić information content (AvgIpc) is 2.79. The van der Waals surface area contributed by atoms with Crippen LogP contribution in [0.25, 0.3) is 0 Å². The Morgan fingerprint density at radius 3 is 2.32 bits per heavy atom. The van der Waals surface area contributed by atoms with Gasteiger partial charge in [-0.25, -0.2) is 4.99 Å². The van der Waals surface area contributed by atoms with Gasteiger partial charge in [0.2, 0.25) is 5.75 Å². The van der Waals surface area contributed by atoms with Crippen LogP contribution < -0.4 is 31.6 Å². The van der Waals surface area contributed by atoms with Crippen LogP contribution in [0, 0.1) is 0 Å². The van der Waals surface area contributed by atoms with Crippen LogP contribution in [0.3, 0.4) is 0 Å². The zero-order valence-corrected chi connectivity index (χ0v) is 18.4. The Kier molecular flexibility index (Phi) is 7.42. The van der Waals surface area contributed by atoms with E-state index >= 15 is 0 Å². The summed E-state index contributed by atoms with van der Waals surface area (Å²) in [5.41, 5.74) is 5.52. The van der Waals surface area contributed by atoms with Crippen molar-refractivity contribution in [3.05, 3.63) is 82.9 Å². The highest BCUT2D eigenvalue weighted by Crippen LogP contribution is 2.43. The predicted octanol–water partition coefficient (Wildman–Crippen LogP) is -0.339. The summed E-state index contributed by atoms with van der Waals surface area (Å²) in [7, 11) is 3.28. The van der Waals surface area contributed by atoms with Gasteiger partial charge in [-0.15, -0.1) is 0 Å². The van der Waals surface area contributed by atoms with E-state index in [1.165, 1.54) is 0 Å². The molecule has 0 saturated carbocycles. The summed E-state index contributed by atoms with van der Waals surface area (Å²) in [5, 5.41) is 9.57. The molecule has 0 atom stereocenters. The molecule has 5 nitrogen and oxygen atoms in total. The van der Waals surface area contributed by atoms with E-state index in [0.29, 0.717) is 18.1 Å². The number of phenolic OH excluding ortho intramolecular Hbond substituents is 1. The van der Waals surface area contributed by atoms with Crippen LogP contribution in [0.1, 0.15) is 22.3 Å². The molecule has 0 saturated heterocycles. The van der Waals surface area contributed by atoms with Gasteiger partial charge in [-0.1, -0.05) is 42.5 Å². The Hall–Kier alpha value is -3.18. The maximum atomic E-state index is 9.57. The zero-order valence-electron chi connectivity index (χ0n) is 17.7. The highest BCUT2D eigenvalue weighted by Gasteiger charge is 2.29. The van der Waals surface area contributed by atoms with Crippen LogP contribution in [0.15, 0.2) is 60.7 Å². The molecule has 1 aliphatic heterocycles. The minimum Gasteiger partial charge on any atom is -1.00 e. The van der Waals surface area contributed by atoms with E-state index in [0.717, 1.165) is 53.1 Å². The molecule has 31 heavy (non-hydrogen) atoms. The predicted molar refractivity (Wildman–Crippen MR) is 116 cm³/mol.